The Morgan fingerprint density at radius 2 is 2.24 bits per heavy atom. The lowest BCUT2D eigenvalue weighted by Crippen LogP contribution is -2.45. The maximum atomic E-state index is 11.0. The second-order valence-electron chi connectivity index (χ2n) is 6.23. The molecule has 3 heterocycles. The summed E-state index contributed by atoms with van der Waals surface area (Å²) in [6.07, 6.45) is 9.47. The molecule has 0 aromatic carbocycles. The molecule has 0 bridgehead atoms. The number of likely N-dealkylation sites (tertiary alicyclic amines) is 1. The highest BCUT2D eigenvalue weighted by Gasteiger charge is 2.25. The molecule has 0 aliphatic carbocycles. The average molecular weight is 285 g/mol. The topological polar surface area (TPSA) is 37.6 Å². The molecule has 1 atom stereocenters. The van der Waals surface area contributed by atoms with Crippen molar-refractivity contribution in [1.29, 1.82) is 0 Å². The van der Waals surface area contributed by atoms with E-state index in [0.717, 1.165) is 24.0 Å². The Bertz CT molecular complexity index is 632. The molecule has 4 nitrogen and oxygen atoms in total. The van der Waals surface area contributed by atoms with Crippen molar-refractivity contribution in [3.05, 3.63) is 35.9 Å². The number of carbonyl (C=O) groups excluding carboxylic acids is 1. The van der Waals surface area contributed by atoms with Crippen LogP contribution in [0, 0.1) is 0 Å². The van der Waals surface area contributed by atoms with Gasteiger partial charge < -0.3 is 4.40 Å². The lowest BCUT2D eigenvalue weighted by molar-refractivity contribution is 0.110. The van der Waals surface area contributed by atoms with Crippen LogP contribution >= 0.6 is 0 Å². The van der Waals surface area contributed by atoms with E-state index in [2.05, 4.69) is 28.1 Å². The fourth-order valence-electron chi connectivity index (χ4n) is 3.41. The van der Waals surface area contributed by atoms with Crippen LogP contribution < -0.4 is 0 Å². The molecule has 0 saturated carbocycles. The van der Waals surface area contributed by atoms with Crippen molar-refractivity contribution < 1.29 is 4.79 Å². The van der Waals surface area contributed by atoms with Crippen LogP contribution in [-0.4, -0.2) is 39.2 Å². The number of imidazole rings is 1. The van der Waals surface area contributed by atoms with E-state index in [9.17, 15) is 4.79 Å². The third-order valence-corrected chi connectivity index (χ3v) is 4.52. The number of fused-ring (bicyclic) bond motifs is 1. The molecule has 3 rings (SSSR count). The van der Waals surface area contributed by atoms with Gasteiger partial charge >= 0.3 is 0 Å². The van der Waals surface area contributed by atoms with Gasteiger partial charge in [-0.1, -0.05) is 6.42 Å². The predicted octanol–water partition coefficient (Wildman–Crippen LogP) is 2.95. The summed E-state index contributed by atoms with van der Waals surface area (Å²) < 4.78 is 2.07. The highest BCUT2D eigenvalue weighted by Crippen LogP contribution is 2.23. The molecule has 2 aromatic heterocycles. The van der Waals surface area contributed by atoms with Crippen LogP contribution in [-0.2, 0) is 6.42 Å². The predicted molar refractivity (Wildman–Crippen MR) is 83.8 cm³/mol. The number of aldehydes is 1. The second kappa shape index (κ2) is 5.98. The van der Waals surface area contributed by atoms with E-state index in [4.69, 9.17) is 0 Å². The van der Waals surface area contributed by atoms with Gasteiger partial charge in [0.15, 0.2) is 6.29 Å². The Morgan fingerprint density at radius 1 is 1.38 bits per heavy atom. The Hall–Kier alpha value is -1.68. The van der Waals surface area contributed by atoms with Gasteiger partial charge in [0.1, 0.15) is 5.82 Å². The molecule has 2 aromatic rings. The maximum Gasteiger partial charge on any atom is 0.151 e. The van der Waals surface area contributed by atoms with Gasteiger partial charge in [0, 0.05) is 30.3 Å². The van der Waals surface area contributed by atoms with Crippen molar-refractivity contribution in [1.82, 2.24) is 14.3 Å². The summed E-state index contributed by atoms with van der Waals surface area (Å²) in [4.78, 5) is 18.1. The van der Waals surface area contributed by atoms with E-state index >= 15 is 0 Å². The largest absolute Gasteiger partial charge is 0.303 e. The fourth-order valence-corrected chi connectivity index (χ4v) is 3.41. The minimum absolute atomic E-state index is 0.559. The zero-order valence-electron chi connectivity index (χ0n) is 12.8. The van der Waals surface area contributed by atoms with Gasteiger partial charge in [0.2, 0.25) is 0 Å². The summed E-state index contributed by atoms with van der Waals surface area (Å²) in [6.45, 7) is 5.73. The van der Waals surface area contributed by atoms with Gasteiger partial charge in [0.25, 0.3) is 0 Å². The van der Waals surface area contributed by atoms with Gasteiger partial charge in [-0.05, 0) is 45.4 Å². The van der Waals surface area contributed by atoms with Crippen molar-refractivity contribution in [2.45, 2.75) is 51.6 Å². The summed E-state index contributed by atoms with van der Waals surface area (Å²) >= 11 is 0. The first-order valence-corrected chi connectivity index (χ1v) is 7.86. The van der Waals surface area contributed by atoms with E-state index in [-0.39, 0.29) is 0 Å². The maximum absolute atomic E-state index is 11.0. The van der Waals surface area contributed by atoms with Crippen LogP contribution in [0.3, 0.4) is 0 Å². The van der Waals surface area contributed by atoms with Crippen molar-refractivity contribution in [3.63, 3.8) is 0 Å². The molecule has 1 saturated heterocycles. The molecular weight excluding hydrogens is 262 g/mol. The number of aromatic nitrogens is 2. The third-order valence-electron chi connectivity index (χ3n) is 4.52. The molecule has 0 radical (unpaired) electrons. The Kier molecular flexibility index (Phi) is 4.06. The molecule has 21 heavy (non-hydrogen) atoms. The summed E-state index contributed by atoms with van der Waals surface area (Å²) in [5.41, 5.74) is 1.76. The monoisotopic (exact) mass is 285 g/mol. The Morgan fingerprint density at radius 3 is 3.00 bits per heavy atom. The lowest BCUT2D eigenvalue weighted by atomic mass is 9.97. The van der Waals surface area contributed by atoms with Crippen LogP contribution in [0.15, 0.2) is 24.5 Å². The van der Waals surface area contributed by atoms with Crippen LogP contribution in [0.5, 0.6) is 0 Å². The number of rotatable bonds is 4. The molecule has 1 aliphatic rings. The average Bonchev–Trinajstić information content (AvgIpc) is 2.90. The highest BCUT2D eigenvalue weighted by molar-refractivity contribution is 5.75. The fraction of sp³-hybridized carbons (Fsp3) is 0.529. The third kappa shape index (κ3) is 2.86. The van der Waals surface area contributed by atoms with Crippen LogP contribution in [0.25, 0.3) is 5.52 Å². The minimum atomic E-state index is 0.559. The minimum Gasteiger partial charge on any atom is -0.303 e. The Balaban J connectivity index is 1.88. The number of pyridine rings is 1. The number of carbonyl (C=O) groups is 1. The van der Waals surface area contributed by atoms with Crippen LogP contribution in [0.2, 0.25) is 0 Å². The van der Waals surface area contributed by atoms with Gasteiger partial charge in [0.05, 0.1) is 11.7 Å². The molecule has 0 amide bonds. The van der Waals surface area contributed by atoms with E-state index in [0.29, 0.717) is 17.6 Å². The van der Waals surface area contributed by atoms with Crippen molar-refractivity contribution in [2.75, 3.05) is 6.54 Å². The molecule has 112 valence electrons. The molecule has 1 fully saturated rings. The number of hydrogen-bond acceptors (Lipinski definition) is 3. The van der Waals surface area contributed by atoms with Crippen molar-refractivity contribution >= 4 is 11.8 Å². The number of hydrogen-bond donors (Lipinski definition) is 0. The lowest BCUT2D eigenvalue weighted by Gasteiger charge is -2.38. The van der Waals surface area contributed by atoms with E-state index in [1.807, 2.05) is 24.5 Å². The molecule has 1 aliphatic heterocycles. The zero-order chi connectivity index (χ0) is 14.8. The van der Waals surface area contributed by atoms with Gasteiger partial charge in [-0.25, -0.2) is 4.98 Å². The first kappa shape index (κ1) is 14.3. The second-order valence-corrected chi connectivity index (χ2v) is 6.23. The molecule has 1 unspecified atom stereocenters. The highest BCUT2D eigenvalue weighted by atomic mass is 16.1. The molecule has 4 heteroatoms. The van der Waals surface area contributed by atoms with Gasteiger partial charge in [-0.3, -0.25) is 9.69 Å². The molecule has 0 spiro atoms. The van der Waals surface area contributed by atoms with Gasteiger partial charge in [-0.2, -0.15) is 0 Å². The van der Waals surface area contributed by atoms with E-state index < -0.39 is 0 Å². The van der Waals surface area contributed by atoms with Gasteiger partial charge in [-0.15, -0.1) is 0 Å². The summed E-state index contributed by atoms with van der Waals surface area (Å²) in [5, 5.41) is 0. The van der Waals surface area contributed by atoms with Crippen molar-refractivity contribution in [3.8, 4) is 0 Å². The standard InChI is InChI=1S/C17H23N3O/c1-13(2)19-8-4-3-5-15(19)9-17-18-10-16-7-6-14(12-21)11-20(16)17/h6-7,10-13,15H,3-5,8-9H2,1-2H3. The normalized spacial score (nSPS) is 20.2. The summed E-state index contributed by atoms with van der Waals surface area (Å²) in [7, 11) is 0. The van der Waals surface area contributed by atoms with Crippen molar-refractivity contribution in [2.24, 2.45) is 0 Å². The molecule has 0 N–H and O–H groups in total. The first-order valence-electron chi connectivity index (χ1n) is 7.86. The summed E-state index contributed by atoms with van der Waals surface area (Å²) in [5.74, 6) is 1.06. The Labute approximate surface area is 125 Å². The molecular formula is C17H23N3O. The smallest absolute Gasteiger partial charge is 0.151 e. The number of piperidine rings is 1. The number of nitrogens with zero attached hydrogens (tertiary/aromatic N) is 3. The quantitative estimate of drug-likeness (QED) is 0.811. The van der Waals surface area contributed by atoms with E-state index in [1.165, 1.54) is 25.8 Å². The summed E-state index contributed by atoms with van der Waals surface area (Å²) in [6, 6.07) is 4.94. The van der Waals surface area contributed by atoms with E-state index in [1.54, 1.807) is 0 Å². The first-order chi connectivity index (χ1) is 10.2. The van der Waals surface area contributed by atoms with Crippen LogP contribution in [0.1, 0.15) is 49.3 Å². The van der Waals surface area contributed by atoms with Crippen LogP contribution in [0.4, 0.5) is 0 Å². The SMILES string of the molecule is CC(C)N1CCCCC1Cc1ncc2ccc(C=O)cn12. The zero-order valence-corrected chi connectivity index (χ0v) is 12.8.